The molecule has 0 saturated carbocycles. The van der Waals surface area contributed by atoms with Gasteiger partial charge in [0.25, 0.3) is 5.91 Å². The molecular formula is C15H21IN2O. The van der Waals surface area contributed by atoms with Gasteiger partial charge in [-0.2, -0.15) is 0 Å². The van der Waals surface area contributed by atoms with E-state index in [9.17, 15) is 4.79 Å². The highest BCUT2D eigenvalue weighted by molar-refractivity contribution is 14.1. The molecule has 0 radical (unpaired) electrons. The van der Waals surface area contributed by atoms with Gasteiger partial charge < -0.3 is 10.2 Å². The molecule has 2 rings (SSSR count). The molecule has 1 aliphatic heterocycles. The van der Waals surface area contributed by atoms with Crippen molar-refractivity contribution in [2.75, 3.05) is 19.6 Å². The van der Waals surface area contributed by atoms with Crippen molar-refractivity contribution in [2.45, 2.75) is 32.2 Å². The van der Waals surface area contributed by atoms with Crippen molar-refractivity contribution in [1.29, 1.82) is 0 Å². The van der Waals surface area contributed by atoms with E-state index in [-0.39, 0.29) is 5.91 Å². The van der Waals surface area contributed by atoms with E-state index in [0.29, 0.717) is 6.04 Å². The van der Waals surface area contributed by atoms with Crippen molar-refractivity contribution in [1.82, 2.24) is 10.2 Å². The largest absolute Gasteiger partial charge is 0.337 e. The predicted molar refractivity (Wildman–Crippen MR) is 86.4 cm³/mol. The van der Waals surface area contributed by atoms with Gasteiger partial charge in [-0.05, 0) is 61.0 Å². The van der Waals surface area contributed by atoms with Crippen LogP contribution in [0.5, 0.6) is 0 Å². The van der Waals surface area contributed by atoms with E-state index >= 15 is 0 Å². The SMILES string of the molecule is CCN(CC1CCCCN1)C(=O)c1ccccc1I. The van der Waals surface area contributed by atoms with Crippen LogP contribution in [-0.2, 0) is 0 Å². The third-order valence-corrected chi connectivity index (χ3v) is 4.57. The molecule has 1 aliphatic rings. The third kappa shape index (κ3) is 3.92. The number of hydrogen-bond donors (Lipinski definition) is 1. The van der Waals surface area contributed by atoms with Crippen molar-refractivity contribution < 1.29 is 4.79 Å². The summed E-state index contributed by atoms with van der Waals surface area (Å²) in [4.78, 5) is 14.5. The lowest BCUT2D eigenvalue weighted by molar-refractivity contribution is 0.0740. The number of carbonyl (C=O) groups excluding carboxylic acids is 1. The molecule has 0 spiro atoms. The Balaban J connectivity index is 2.04. The summed E-state index contributed by atoms with van der Waals surface area (Å²) >= 11 is 2.23. The highest BCUT2D eigenvalue weighted by atomic mass is 127. The molecule has 1 atom stereocenters. The van der Waals surface area contributed by atoms with Gasteiger partial charge >= 0.3 is 0 Å². The normalized spacial score (nSPS) is 19.2. The van der Waals surface area contributed by atoms with Crippen LogP contribution in [0.3, 0.4) is 0 Å². The van der Waals surface area contributed by atoms with E-state index in [1.807, 2.05) is 29.2 Å². The average molecular weight is 372 g/mol. The van der Waals surface area contributed by atoms with Crippen molar-refractivity contribution in [3.05, 3.63) is 33.4 Å². The number of carbonyl (C=O) groups is 1. The molecule has 1 aromatic carbocycles. The summed E-state index contributed by atoms with van der Waals surface area (Å²) in [5.74, 6) is 0.153. The molecule has 104 valence electrons. The van der Waals surface area contributed by atoms with E-state index in [4.69, 9.17) is 0 Å². The molecule has 0 aromatic heterocycles. The Kier molecular flexibility index (Phi) is 5.63. The predicted octanol–water partition coefficient (Wildman–Crippen LogP) is 2.90. The van der Waals surface area contributed by atoms with Gasteiger partial charge in [-0.1, -0.05) is 18.6 Å². The lowest BCUT2D eigenvalue weighted by Gasteiger charge is -2.30. The molecule has 1 N–H and O–H groups in total. The lowest BCUT2D eigenvalue weighted by atomic mass is 10.0. The summed E-state index contributed by atoms with van der Waals surface area (Å²) in [7, 11) is 0. The Labute approximate surface area is 128 Å². The smallest absolute Gasteiger partial charge is 0.254 e. The quantitative estimate of drug-likeness (QED) is 0.825. The first kappa shape index (κ1) is 14.8. The van der Waals surface area contributed by atoms with Crippen LogP contribution < -0.4 is 5.32 Å². The fourth-order valence-electron chi connectivity index (χ4n) is 2.51. The van der Waals surface area contributed by atoms with Crippen LogP contribution in [-0.4, -0.2) is 36.5 Å². The molecule has 4 heteroatoms. The van der Waals surface area contributed by atoms with Crippen molar-refractivity contribution in [2.24, 2.45) is 0 Å². The number of nitrogens with one attached hydrogen (secondary N) is 1. The van der Waals surface area contributed by atoms with Crippen LogP contribution in [0, 0.1) is 3.57 Å². The van der Waals surface area contributed by atoms with Crippen LogP contribution in [0.25, 0.3) is 0 Å². The van der Waals surface area contributed by atoms with Crippen molar-refractivity contribution >= 4 is 28.5 Å². The minimum Gasteiger partial charge on any atom is -0.337 e. The number of benzene rings is 1. The maximum Gasteiger partial charge on any atom is 0.254 e. The number of hydrogen-bond acceptors (Lipinski definition) is 2. The maximum absolute atomic E-state index is 12.6. The zero-order valence-electron chi connectivity index (χ0n) is 11.4. The second kappa shape index (κ2) is 7.24. The van der Waals surface area contributed by atoms with Crippen molar-refractivity contribution in [3.8, 4) is 0 Å². The highest BCUT2D eigenvalue weighted by Crippen LogP contribution is 2.15. The van der Waals surface area contributed by atoms with Gasteiger partial charge in [0.15, 0.2) is 0 Å². The monoisotopic (exact) mass is 372 g/mol. The fraction of sp³-hybridized carbons (Fsp3) is 0.533. The van der Waals surface area contributed by atoms with E-state index < -0.39 is 0 Å². The first-order valence-corrected chi connectivity index (χ1v) is 8.07. The first-order chi connectivity index (χ1) is 9.22. The van der Waals surface area contributed by atoms with Crippen LogP contribution in [0.4, 0.5) is 0 Å². The lowest BCUT2D eigenvalue weighted by Crippen LogP contribution is -2.45. The van der Waals surface area contributed by atoms with Crippen LogP contribution in [0.2, 0.25) is 0 Å². The maximum atomic E-state index is 12.6. The molecule has 0 bridgehead atoms. The van der Waals surface area contributed by atoms with Gasteiger partial charge in [-0.3, -0.25) is 4.79 Å². The molecule has 1 aromatic rings. The zero-order valence-corrected chi connectivity index (χ0v) is 13.5. The number of rotatable bonds is 4. The minimum atomic E-state index is 0.153. The standard InChI is InChI=1S/C15H21IN2O/c1-2-18(11-12-7-5-6-10-17-12)15(19)13-8-3-4-9-14(13)16/h3-4,8-9,12,17H,2,5-7,10-11H2,1H3. The van der Waals surface area contributed by atoms with Gasteiger partial charge in [0.2, 0.25) is 0 Å². The molecule has 1 saturated heterocycles. The van der Waals surface area contributed by atoms with Crippen LogP contribution in [0.1, 0.15) is 36.5 Å². The topological polar surface area (TPSA) is 32.3 Å². The number of nitrogens with zero attached hydrogens (tertiary/aromatic N) is 1. The van der Waals surface area contributed by atoms with Gasteiger partial charge in [0.1, 0.15) is 0 Å². The summed E-state index contributed by atoms with van der Waals surface area (Å²) in [5.41, 5.74) is 0.820. The van der Waals surface area contributed by atoms with E-state index in [1.165, 1.54) is 19.3 Å². The highest BCUT2D eigenvalue weighted by Gasteiger charge is 2.21. The minimum absolute atomic E-state index is 0.153. The number of likely N-dealkylation sites (N-methyl/N-ethyl adjacent to an activating group) is 1. The molecule has 3 nitrogen and oxygen atoms in total. The van der Waals surface area contributed by atoms with E-state index in [1.54, 1.807) is 0 Å². The second-order valence-electron chi connectivity index (χ2n) is 4.97. The average Bonchev–Trinajstić information content (AvgIpc) is 2.46. The van der Waals surface area contributed by atoms with Crippen molar-refractivity contribution in [3.63, 3.8) is 0 Å². The Morgan fingerprint density at radius 2 is 2.21 bits per heavy atom. The summed E-state index contributed by atoms with van der Waals surface area (Å²) in [5, 5.41) is 3.51. The molecule has 1 amide bonds. The molecule has 19 heavy (non-hydrogen) atoms. The Morgan fingerprint density at radius 1 is 1.42 bits per heavy atom. The Bertz CT molecular complexity index is 430. The molecule has 1 unspecified atom stereocenters. The zero-order chi connectivity index (χ0) is 13.7. The third-order valence-electron chi connectivity index (χ3n) is 3.63. The van der Waals surface area contributed by atoms with Crippen LogP contribution >= 0.6 is 22.6 Å². The summed E-state index contributed by atoms with van der Waals surface area (Å²) in [6, 6.07) is 8.26. The number of halogens is 1. The van der Waals surface area contributed by atoms with Gasteiger partial charge in [0, 0.05) is 22.7 Å². The van der Waals surface area contributed by atoms with Gasteiger partial charge in [-0.15, -0.1) is 0 Å². The molecular weight excluding hydrogens is 351 g/mol. The van der Waals surface area contributed by atoms with E-state index in [2.05, 4.69) is 34.8 Å². The van der Waals surface area contributed by atoms with Gasteiger partial charge in [0.05, 0.1) is 5.56 Å². The first-order valence-electron chi connectivity index (χ1n) is 6.99. The Hall–Kier alpha value is -0.620. The Morgan fingerprint density at radius 3 is 2.84 bits per heavy atom. The number of amides is 1. The second-order valence-corrected chi connectivity index (χ2v) is 6.13. The summed E-state index contributed by atoms with van der Waals surface area (Å²) in [6.07, 6.45) is 3.70. The number of piperidine rings is 1. The summed E-state index contributed by atoms with van der Waals surface area (Å²) < 4.78 is 1.03. The van der Waals surface area contributed by atoms with Crippen LogP contribution in [0.15, 0.2) is 24.3 Å². The molecule has 1 fully saturated rings. The van der Waals surface area contributed by atoms with Gasteiger partial charge in [-0.25, -0.2) is 0 Å². The molecule has 0 aliphatic carbocycles. The summed E-state index contributed by atoms with van der Waals surface area (Å²) in [6.45, 7) is 4.72. The molecule has 1 heterocycles. The fourth-order valence-corrected chi connectivity index (χ4v) is 3.12. The van der Waals surface area contributed by atoms with E-state index in [0.717, 1.165) is 28.8 Å².